The zero-order chi connectivity index (χ0) is 13.8. The minimum absolute atomic E-state index is 0.449. The molecule has 0 radical (unpaired) electrons. The van der Waals surface area contributed by atoms with Gasteiger partial charge >= 0.3 is 0 Å². The van der Waals surface area contributed by atoms with Gasteiger partial charge in [0.05, 0.1) is 6.04 Å². The Balaban J connectivity index is 1.98. The lowest BCUT2D eigenvalue weighted by Crippen LogP contribution is -2.53. The van der Waals surface area contributed by atoms with Crippen LogP contribution in [0.15, 0.2) is 11.6 Å². The molecule has 4 atom stereocenters. The van der Waals surface area contributed by atoms with Crippen molar-refractivity contribution in [2.45, 2.75) is 58.7 Å². The molecule has 1 saturated heterocycles. The molecule has 1 aromatic rings. The Kier molecular flexibility index (Phi) is 5.37. The summed E-state index contributed by atoms with van der Waals surface area (Å²) in [5, 5.41) is 7.03. The van der Waals surface area contributed by atoms with Gasteiger partial charge in [-0.2, -0.15) is 0 Å². The van der Waals surface area contributed by atoms with Gasteiger partial charge in [-0.15, -0.1) is 11.3 Å². The van der Waals surface area contributed by atoms with Crippen LogP contribution in [-0.4, -0.2) is 35.1 Å². The zero-order valence-electron chi connectivity index (χ0n) is 12.6. The van der Waals surface area contributed by atoms with Crippen molar-refractivity contribution < 1.29 is 0 Å². The molecular formula is C15H27N3S. The van der Waals surface area contributed by atoms with Crippen molar-refractivity contribution in [2.75, 3.05) is 13.1 Å². The highest BCUT2D eigenvalue weighted by atomic mass is 32.1. The van der Waals surface area contributed by atoms with Crippen LogP contribution in [0.25, 0.3) is 0 Å². The van der Waals surface area contributed by atoms with Gasteiger partial charge in [0.25, 0.3) is 0 Å². The molecule has 0 aromatic carbocycles. The highest BCUT2D eigenvalue weighted by molar-refractivity contribution is 7.09. The molecule has 1 aromatic heterocycles. The summed E-state index contributed by atoms with van der Waals surface area (Å²) in [6.07, 6.45) is 4.39. The molecule has 4 heteroatoms. The lowest BCUT2D eigenvalue weighted by atomic mass is 9.86. The van der Waals surface area contributed by atoms with Crippen molar-refractivity contribution in [2.24, 2.45) is 5.92 Å². The minimum atomic E-state index is 0.449. The van der Waals surface area contributed by atoms with Gasteiger partial charge in [0.2, 0.25) is 0 Å². The first-order valence-electron chi connectivity index (χ1n) is 7.53. The molecule has 1 fully saturated rings. The maximum absolute atomic E-state index is 4.48. The van der Waals surface area contributed by atoms with E-state index in [1.54, 1.807) is 11.3 Å². The van der Waals surface area contributed by atoms with Gasteiger partial charge in [-0.1, -0.05) is 13.8 Å². The minimum Gasteiger partial charge on any atom is -0.314 e. The standard InChI is InChI=1S/C15H27N3S/c1-5-7-16-14-6-9-18(12(3)11(14)2)13(4)15-17-8-10-19-15/h8,10-14,16H,5-7,9H2,1-4H3. The van der Waals surface area contributed by atoms with Gasteiger partial charge < -0.3 is 5.32 Å². The van der Waals surface area contributed by atoms with Crippen molar-refractivity contribution in [3.63, 3.8) is 0 Å². The molecule has 0 spiro atoms. The number of thiazole rings is 1. The van der Waals surface area contributed by atoms with E-state index in [4.69, 9.17) is 0 Å². The topological polar surface area (TPSA) is 28.2 Å². The summed E-state index contributed by atoms with van der Waals surface area (Å²) in [7, 11) is 0. The monoisotopic (exact) mass is 281 g/mol. The molecule has 0 bridgehead atoms. The number of hydrogen-bond acceptors (Lipinski definition) is 4. The van der Waals surface area contributed by atoms with E-state index in [0.717, 1.165) is 6.54 Å². The van der Waals surface area contributed by atoms with E-state index in [-0.39, 0.29) is 0 Å². The van der Waals surface area contributed by atoms with Crippen LogP contribution in [0, 0.1) is 5.92 Å². The van der Waals surface area contributed by atoms with E-state index in [1.807, 2.05) is 6.20 Å². The lowest BCUT2D eigenvalue weighted by Gasteiger charge is -2.45. The summed E-state index contributed by atoms with van der Waals surface area (Å²) in [6, 6.07) is 1.74. The van der Waals surface area contributed by atoms with Crippen LogP contribution in [0.2, 0.25) is 0 Å². The van der Waals surface area contributed by atoms with Crippen LogP contribution >= 0.6 is 11.3 Å². The maximum Gasteiger partial charge on any atom is 0.109 e. The Morgan fingerprint density at radius 3 is 2.95 bits per heavy atom. The van der Waals surface area contributed by atoms with Gasteiger partial charge in [0.15, 0.2) is 0 Å². The third kappa shape index (κ3) is 3.36. The van der Waals surface area contributed by atoms with Crippen LogP contribution in [0.1, 0.15) is 51.6 Å². The number of hydrogen-bond donors (Lipinski definition) is 1. The smallest absolute Gasteiger partial charge is 0.109 e. The van der Waals surface area contributed by atoms with Gasteiger partial charge in [-0.25, -0.2) is 4.98 Å². The largest absolute Gasteiger partial charge is 0.314 e. The summed E-state index contributed by atoms with van der Waals surface area (Å²) in [5.74, 6) is 0.697. The molecule has 1 aliphatic rings. The summed E-state index contributed by atoms with van der Waals surface area (Å²) < 4.78 is 0. The Morgan fingerprint density at radius 1 is 1.53 bits per heavy atom. The Labute approximate surface area is 121 Å². The third-order valence-electron chi connectivity index (χ3n) is 4.58. The van der Waals surface area contributed by atoms with Crippen LogP contribution in [-0.2, 0) is 0 Å². The molecule has 1 N–H and O–H groups in total. The molecule has 0 amide bonds. The number of piperidine rings is 1. The second-order valence-electron chi connectivity index (χ2n) is 5.73. The first kappa shape index (κ1) is 14.9. The summed E-state index contributed by atoms with van der Waals surface area (Å²) in [5.41, 5.74) is 0. The Morgan fingerprint density at radius 2 is 2.32 bits per heavy atom. The fourth-order valence-corrected chi connectivity index (χ4v) is 3.85. The maximum atomic E-state index is 4.48. The number of rotatable bonds is 5. The first-order valence-corrected chi connectivity index (χ1v) is 8.41. The molecular weight excluding hydrogens is 254 g/mol. The molecule has 2 rings (SSSR count). The van der Waals surface area contributed by atoms with E-state index in [0.29, 0.717) is 24.0 Å². The molecule has 4 unspecified atom stereocenters. The zero-order valence-corrected chi connectivity index (χ0v) is 13.4. The molecule has 1 aliphatic heterocycles. The van der Waals surface area contributed by atoms with Gasteiger partial charge in [-0.3, -0.25) is 4.90 Å². The van der Waals surface area contributed by atoms with Crippen LogP contribution in [0.5, 0.6) is 0 Å². The summed E-state index contributed by atoms with van der Waals surface area (Å²) >= 11 is 1.77. The number of aromatic nitrogens is 1. The second-order valence-corrected chi connectivity index (χ2v) is 6.66. The van der Waals surface area contributed by atoms with E-state index < -0.39 is 0 Å². The molecule has 0 saturated carbocycles. The van der Waals surface area contributed by atoms with E-state index in [9.17, 15) is 0 Å². The molecule has 2 heterocycles. The molecule has 108 valence electrons. The quantitative estimate of drug-likeness (QED) is 0.897. The predicted molar refractivity (Wildman–Crippen MR) is 82.6 cm³/mol. The van der Waals surface area contributed by atoms with Crippen molar-refractivity contribution in [1.82, 2.24) is 15.2 Å². The van der Waals surface area contributed by atoms with Crippen molar-refractivity contribution in [1.29, 1.82) is 0 Å². The fraction of sp³-hybridized carbons (Fsp3) is 0.800. The van der Waals surface area contributed by atoms with Gasteiger partial charge in [0.1, 0.15) is 5.01 Å². The molecule has 3 nitrogen and oxygen atoms in total. The summed E-state index contributed by atoms with van der Waals surface area (Å²) in [4.78, 5) is 7.10. The summed E-state index contributed by atoms with van der Waals surface area (Å²) in [6.45, 7) is 11.6. The number of likely N-dealkylation sites (tertiary alicyclic amines) is 1. The van der Waals surface area contributed by atoms with E-state index in [2.05, 4.69) is 48.3 Å². The van der Waals surface area contributed by atoms with Crippen molar-refractivity contribution in [3.8, 4) is 0 Å². The highest BCUT2D eigenvalue weighted by Gasteiger charge is 2.35. The van der Waals surface area contributed by atoms with Crippen LogP contribution < -0.4 is 5.32 Å². The SMILES string of the molecule is CCCNC1CCN(C(C)c2nccs2)C(C)C1C. The van der Waals surface area contributed by atoms with Crippen LogP contribution in [0.4, 0.5) is 0 Å². The van der Waals surface area contributed by atoms with Gasteiger partial charge in [0, 0.05) is 30.2 Å². The average Bonchev–Trinajstić information content (AvgIpc) is 2.94. The van der Waals surface area contributed by atoms with Crippen LogP contribution in [0.3, 0.4) is 0 Å². The normalized spacial score (nSPS) is 30.4. The average molecular weight is 281 g/mol. The van der Waals surface area contributed by atoms with Crippen molar-refractivity contribution in [3.05, 3.63) is 16.6 Å². The van der Waals surface area contributed by atoms with E-state index in [1.165, 1.54) is 24.4 Å². The lowest BCUT2D eigenvalue weighted by molar-refractivity contribution is 0.0524. The van der Waals surface area contributed by atoms with Crippen molar-refractivity contribution >= 4 is 11.3 Å². The molecule has 0 aliphatic carbocycles. The molecule has 19 heavy (non-hydrogen) atoms. The number of nitrogens with one attached hydrogen (secondary N) is 1. The Hall–Kier alpha value is -0.450. The highest BCUT2D eigenvalue weighted by Crippen LogP contribution is 2.32. The van der Waals surface area contributed by atoms with E-state index >= 15 is 0 Å². The second kappa shape index (κ2) is 6.82. The first-order chi connectivity index (χ1) is 9.15. The fourth-order valence-electron chi connectivity index (χ4n) is 3.14. The predicted octanol–water partition coefficient (Wildman–Crippen LogP) is 3.30. The number of nitrogens with zero attached hydrogens (tertiary/aromatic N) is 2. The third-order valence-corrected chi connectivity index (χ3v) is 5.53. The van der Waals surface area contributed by atoms with Gasteiger partial charge in [-0.05, 0) is 39.2 Å². The Bertz CT molecular complexity index is 365.